The van der Waals surface area contributed by atoms with Crippen molar-refractivity contribution >= 4 is 0 Å². The molecular formula is C14H20N2O3. The average molecular weight is 264 g/mol. The summed E-state index contributed by atoms with van der Waals surface area (Å²) in [4.78, 5) is 0. The van der Waals surface area contributed by atoms with Crippen molar-refractivity contribution in [3.8, 4) is 11.5 Å². The van der Waals surface area contributed by atoms with Crippen LogP contribution in [0.15, 0.2) is 30.0 Å². The summed E-state index contributed by atoms with van der Waals surface area (Å²) in [6.45, 7) is 0.736. The summed E-state index contributed by atoms with van der Waals surface area (Å²) in [5.41, 5.74) is 3.90. The zero-order chi connectivity index (χ0) is 13.7. The summed E-state index contributed by atoms with van der Waals surface area (Å²) < 4.78 is 16.1. The van der Waals surface area contributed by atoms with Crippen molar-refractivity contribution in [3.05, 3.63) is 35.6 Å². The monoisotopic (exact) mass is 264 g/mol. The molecule has 0 radical (unpaired) electrons. The molecule has 0 amide bonds. The van der Waals surface area contributed by atoms with Crippen molar-refractivity contribution in [1.29, 1.82) is 0 Å². The van der Waals surface area contributed by atoms with Crippen LogP contribution < -0.4 is 20.7 Å². The fourth-order valence-electron chi connectivity index (χ4n) is 2.16. The van der Waals surface area contributed by atoms with Crippen LogP contribution in [0.3, 0.4) is 0 Å². The van der Waals surface area contributed by atoms with E-state index in [1.807, 2.05) is 18.2 Å². The Labute approximate surface area is 113 Å². The van der Waals surface area contributed by atoms with E-state index in [9.17, 15) is 0 Å². The smallest absolute Gasteiger partial charge is 0.160 e. The Morgan fingerprint density at radius 1 is 1.32 bits per heavy atom. The maximum Gasteiger partial charge on any atom is 0.160 e. The molecule has 0 aliphatic carbocycles. The van der Waals surface area contributed by atoms with Gasteiger partial charge in [0.05, 0.1) is 26.9 Å². The van der Waals surface area contributed by atoms with Crippen LogP contribution in [0.5, 0.6) is 11.5 Å². The van der Waals surface area contributed by atoms with Gasteiger partial charge in [-0.1, -0.05) is 6.07 Å². The van der Waals surface area contributed by atoms with E-state index in [2.05, 4.69) is 11.5 Å². The van der Waals surface area contributed by atoms with E-state index >= 15 is 0 Å². The zero-order valence-electron chi connectivity index (χ0n) is 11.3. The summed E-state index contributed by atoms with van der Waals surface area (Å²) in [6.07, 6.45) is 3.76. The molecule has 5 nitrogen and oxygen atoms in total. The Bertz CT molecular complexity index is 460. The number of nitrogens with one attached hydrogen (secondary N) is 1. The van der Waals surface area contributed by atoms with E-state index in [0.29, 0.717) is 0 Å². The Morgan fingerprint density at radius 2 is 2.11 bits per heavy atom. The lowest BCUT2D eigenvalue weighted by molar-refractivity contribution is 0.214. The molecule has 0 bridgehead atoms. The van der Waals surface area contributed by atoms with Gasteiger partial charge in [-0.05, 0) is 30.2 Å². The van der Waals surface area contributed by atoms with E-state index in [1.165, 1.54) is 0 Å². The molecule has 1 unspecified atom stereocenters. The van der Waals surface area contributed by atoms with Gasteiger partial charge in [-0.15, -0.1) is 0 Å². The predicted molar refractivity (Wildman–Crippen MR) is 73.0 cm³/mol. The molecule has 1 atom stereocenters. The lowest BCUT2D eigenvalue weighted by Crippen LogP contribution is -2.38. The lowest BCUT2D eigenvalue weighted by atomic mass is 10.0. The van der Waals surface area contributed by atoms with Crippen molar-refractivity contribution in [2.45, 2.75) is 18.9 Å². The number of benzene rings is 1. The second-order valence-corrected chi connectivity index (χ2v) is 4.36. The van der Waals surface area contributed by atoms with E-state index in [0.717, 1.165) is 42.3 Å². The molecule has 1 heterocycles. The standard InChI is InChI=1S/C14H20N2O3/c1-17-13-6-5-10(9-14(13)18-2)8-11(16-15)12-4-3-7-19-12/h4-6,9,11,16H,3,7-8,15H2,1-2H3. The molecule has 0 spiro atoms. The van der Waals surface area contributed by atoms with Gasteiger partial charge in [0.15, 0.2) is 11.5 Å². The molecule has 104 valence electrons. The number of nitrogens with two attached hydrogens (primary N) is 1. The first-order valence-corrected chi connectivity index (χ1v) is 6.28. The summed E-state index contributed by atoms with van der Waals surface area (Å²) in [5.74, 6) is 7.96. The van der Waals surface area contributed by atoms with Gasteiger partial charge >= 0.3 is 0 Å². The molecule has 0 aromatic heterocycles. The number of hydrogen-bond acceptors (Lipinski definition) is 5. The molecule has 0 fully saturated rings. The second-order valence-electron chi connectivity index (χ2n) is 4.36. The van der Waals surface area contributed by atoms with Gasteiger partial charge in [-0.3, -0.25) is 5.84 Å². The van der Waals surface area contributed by atoms with Crippen molar-refractivity contribution in [3.63, 3.8) is 0 Å². The highest BCUT2D eigenvalue weighted by Crippen LogP contribution is 2.28. The highest BCUT2D eigenvalue weighted by atomic mass is 16.5. The molecule has 19 heavy (non-hydrogen) atoms. The van der Waals surface area contributed by atoms with Crippen LogP contribution in [0.4, 0.5) is 0 Å². The quantitative estimate of drug-likeness (QED) is 0.600. The highest BCUT2D eigenvalue weighted by molar-refractivity contribution is 5.43. The van der Waals surface area contributed by atoms with Crippen LogP contribution in [0, 0.1) is 0 Å². The van der Waals surface area contributed by atoms with Crippen molar-refractivity contribution in [1.82, 2.24) is 5.43 Å². The molecule has 5 heteroatoms. The maximum absolute atomic E-state index is 5.60. The highest BCUT2D eigenvalue weighted by Gasteiger charge is 2.18. The first kappa shape index (κ1) is 13.7. The number of hydrogen-bond donors (Lipinski definition) is 2. The molecular weight excluding hydrogens is 244 g/mol. The molecule has 1 aliphatic heterocycles. The third kappa shape index (κ3) is 3.19. The Hall–Kier alpha value is -1.72. The molecule has 3 N–H and O–H groups in total. The van der Waals surface area contributed by atoms with Gasteiger partial charge < -0.3 is 14.2 Å². The number of rotatable bonds is 6. The first-order chi connectivity index (χ1) is 9.28. The summed E-state index contributed by atoms with van der Waals surface area (Å²) in [5, 5.41) is 0. The normalized spacial score (nSPS) is 15.6. The largest absolute Gasteiger partial charge is 0.496 e. The van der Waals surface area contributed by atoms with Gasteiger partial charge in [0, 0.05) is 6.42 Å². The lowest BCUT2D eigenvalue weighted by Gasteiger charge is -2.18. The maximum atomic E-state index is 5.60. The fourth-order valence-corrected chi connectivity index (χ4v) is 2.16. The summed E-state index contributed by atoms with van der Waals surface area (Å²) >= 11 is 0. The van der Waals surface area contributed by atoms with Gasteiger partial charge in [0.2, 0.25) is 0 Å². The van der Waals surface area contributed by atoms with Crippen LogP contribution >= 0.6 is 0 Å². The van der Waals surface area contributed by atoms with Gasteiger partial charge in [-0.2, -0.15) is 0 Å². The van der Waals surface area contributed by atoms with E-state index in [4.69, 9.17) is 20.1 Å². The Kier molecular flexibility index (Phi) is 4.65. The SMILES string of the molecule is COc1ccc(CC(NN)C2=CCCO2)cc1OC. The molecule has 0 saturated carbocycles. The summed E-state index contributed by atoms with van der Waals surface area (Å²) in [7, 11) is 3.25. The molecule has 1 aromatic carbocycles. The van der Waals surface area contributed by atoms with Crippen LogP contribution in [0.2, 0.25) is 0 Å². The van der Waals surface area contributed by atoms with Crippen LogP contribution in [0.1, 0.15) is 12.0 Å². The predicted octanol–water partition coefficient (Wildman–Crippen LogP) is 1.38. The minimum Gasteiger partial charge on any atom is -0.496 e. The van der Waals surface area contributed by atoms with E-state index in [1.54, 1.807) is 14.2 Å². The van der Waals surface area contributed by atoms with Crippen molar-refractivity contribution in [2.24, 2.45) is 5.84 Å². The van der Waals surface area contributed by atoms with Crippen molar-refractivity contribution in [2.75, 3.05) is 20.8 Å². The van der Waals surface area contributed by atoms with Crippen LogP contribution in [0.25, 0.3) is 0 Å². The Balaban J connectivity index is 2.13. The average Bonchev–Trinajstić information content (AvgIpc) is 2.98. The topological polar surface area (TPSA) is 65.7 Å². The minimum absolute atomic E-state index is 0.0133. The van der Waals surface area contributed by atoms with Crippen LogP contribution in [-0.2, 0) is 11.2 Å². The molecule has 1 aliphatic rings. The van der Waals surface area contributed by atoms with Crippen molar-refractivity contribution < 1.29 is 14.2 Å². The molecule has 0 saturated heterocycles. The summed E-state index contributed by atoms with van der Waals surface area (Å²) in [6, 6.07) is 5.84. The number of hydrazine groups is 1. The van der Waals surface area contributed by atoms with Gasteiger partial charge in [-0.25, -0.2) is 5.43 Å². The first-order valence-electron chi connectivity index (χ1n) is 6.28. The molecule has 2 rings (SSSR count). The minimum atomic E-state index is -0.0133. The van der Waals surface area contributed by atoms with Crippen LogP contribution in [-0.4, -0.2) is 26.9 Å². The second kappa shape index (κ2) is 6.45. The number of methoxy groups -OCH3 is 2. The van der Waals surface area contributed by atoms with E-state index < -0.39 is 0 Å². The van der Waals surface area contributed by atoms with Gasteiger partial charge in [0.25, 0.3) is 0 Å². The zero-order valence-corrected chi connectivity index (χ0v) is 11.3. The van der Waals surface area contributed by atoms with Gasteiger partial charge in [0.1, 0.15) is 5.76 Å². The molecule has 1 aromatic rings. The fraction of sp³-hybridized carbons (Fsp3) is 0.429. The van der Waals surface area contributed by atoms with E-state index in [-0.39, 0.29) is 6.04 Å². The Morgan fingerprint density at radius 3 is 2.68 bits per heavy atom. The third-order valence-electron chi connectivity index (χ3n) is 3.16. The number of ether oxygens (including phenoxy) is 3. The third-order valence-corrected chi connectivity index (χ3v) is 3.16.